The summed E-state index contributed by atoms with van der Waals surface area (Å²) in [5.41, 5.74) is 21.2. The van der Waals surface area contributed by atoms with Gasteiger partial charge in [0.1, 0.15) is 35.2 Å². The third kappa shape index (κ3) is 12.3. The molecule has 2 amide bonds. The van der Waals surface area contributed by atoms with Gasteiger partial charge in [-0.05, 0) is 158 Å². The number of rotatable bonds is 18. The molecule has 12 nitrogen and oxygen atoms in total. The molecule has 8 aromatic rings. The van der Waals surface area contributed by atoms with Crippen molar-refractivity contribution in [3.63, 3.8) is 0 Å². The molecule has 2 atom stereocenters. The van der Waals surface area contributed by atoms with Crippen LogP contribution in [0.5, 0.6) is 0 Å². The summed E-state index contributed by atoms with van der Waals surface area (Å²) in [4.78, 5) is 35.1. The van der Waals surface area contributed by atoms with Gasteiger partial charge in [-0.15, -0.1) is 0 Å². The van der Waals surface area contributed by atoms with Crippen molar-refractivity contribution in [2.24, 2.45) is 23.3 Å². The van der Waals surface area contributed by atoms with Gasteiger partial charge in [-0.3, -0.25) is 19.6 Å². The number of anilines is 2. The zero-order chi connectivity index (χ0) is 50.1. The lowest BCUT2D eigenvalue weighted by molar-refractivity contribution is 0.0715. The molecule has 0 aliphatic heterocycles. The van der Waals surface area contributed by atoms with E-state index in [1.807, 2.05) is 99.0 Å². The number of aryl methyl sites for hydroxylation is 2. The second kappa shape index (κ2) is 22.6. The first-order chi connectivity index (χ1) is 35.0. The average Bonchev–Trinajstić information content (AvgIpc) is 4.34. The molecule has 14 heteroatoms. The van der Waals surface area contributed by atoms with E-state index in [0.717, 1.165) is 81.6 Å². The van der Waals surface area contributed by atoms with Gasteiger partial charge in [0.15, 0.2) is 0 Å². The van der Waals surface area contributed by atoms with Crippen LogP contribution < -0.4 is 22.1 Å². The minimum atomic E-state index is -0.515. The van der Waals surface area contributed by atoms with Gasteiger partial charge in [0.2, 0.25) is 0 Å². The van der Waals surface area contributed by atoms with E-state index in [1.54, 1.807) is 70.3 Å². The van der Waals surface area contributed by atoms with Crippen molar-refractivity contribution >= 4 is 23.2 Å². The van der Waals surface area contributed by atoms with Gasteiger partial charge in [-0.2, -0.15) is 0 Å². The van der Waals surface area contributed by atoms with Crippen molar-refractivity contribution in [3.05, 3.63) is 226 Å². The maximum Gasteiger partial charge on any atom is 0.272 e. The molecule has 4 aromatic heterocycles. The monoisotopic (exact) mass is 968 g/mol. The standard InChI is InChI=1S/2C29H29FN4O2/c2*1-19-12-27(34(17-19)24-6-2-4-21(13-24)15-31)29(35)33-26-14-22(9-10-25(26)30)28(36-18-20-7-8-20)23-5-3-11-32-16-23/h2*2-6,9-14,16-17,20,28H,7-8,15,18,31H2,1H3,(H,33,35). The first kappa shape index (κ1) is 49.4. The van der Waals surface area contributed by atoms with E-state index in [2.05, 4.69) is 20.6 Å². The van der Waals surface area contributed by atoms with Crippen LogP contribution in [0.3, 0.4) is 0 Å². The smallest absolute Gasteiger partial charge is 0.272 e. The predicted octanol–water partition coefficient (Wildman–Crippen LogP) is 11.1. The van der Waals surface area contributed by atoms with Gasteiger partial charge >= 0.3 is 0 Å². The summed E-state index contributed by atoms with van der Waals surface area (Å²) in [6.07, 6.45) is 14.5. The molecule has 10 rings (SSSR count). The highest BCUT2D eigenvalue weighted by atomic mass is 19.1. The number of amides is 2. The minimum Gasteiger partial charge on any atom is -0.368 e. The fourth-order valence-electron chi connectivity index (χ4n) is 8.48. The fraction of sp³-hybridized carbons (Fsp3) is 0.241. The number of nitrogens with one attached hydrogen (secondary N) is 2. The third-order valence-electron chi connectivity index (χ3n) is 12.7. The number of benzene rings is 4. The number of nitrogens with zero attached hydrogens (tertiary/aromatic N) is 4. The Hall–Kier alpha value is -7.62. The van der Waals surface area contributed by atoms with Crippen LogP contribution in [0, 0.1) is 37.3 Å². The second-order valence-corrected chi connectivity index (χ2v) is 18.6. The minimum absolute atomic E-state index is 0.0996. The van der Waals surface area contributed by atoms with Gasteiger partial charge in [0.05, 0.1) is 24.6 Å². The lowest BCUT2D eigenvalue weighted by atomic mass is 10.0. The number of ether oxygens (including phenoxy) is 2. The summed E-state index contributed by atoms with van der Waals surface area (Å²) in [6.45, 7) is 5.89. The molecule has 2 aliphatic rings. The van der Waals surface area contributed by atoms with Crippen molar-refractivity contribution in [1.82, 2.24) is 19.1 Å². The van der Waals surface area contributed by atoms with Gasteiger partial charge in [-0.1, -0.05) is 48.5 Å². The predicted molar refractivity (Wildman–Crippen MR) is 275 cm³/mol. The van der Waals surface area contributed by atoms with Crippen LogP contribution in [0.2, 0.25) is 0 Å². The molecule has 368 valence electrons. The second-order valence-electron chi connectivity index (χ2n) is 18.6. The Kier molecular flexibility index (Phi) is 15.5. The fourth-order valence-corrected chi connectivity index (χ4v) is 8.48. The topological polar surface area (TPSA) is 164 Å². The number of hydrogen-bond donors (Lipinski definition) is 4. The summed E-state index contributed by atoms with van der Waals surface area (Å²) in [5, 5.41) is 5.54. The maximum atomic E-state index is 14.9. The molecule has 2 unspecified atom stereocenters. The van der Waals surface area contributed by atoms with Crippen LogP contribution in [0.25, 0.3) is 11.4 Å². The molecule has 2 saturated carbocycles. The highest BCUT2D eigenvalue weighted by Gasteiger charge is 2.27. The Morgan fingerprint density at radius 3 is 1.39 bits per heavy atom. The molecule has 4 heterocycles. The van der Waals surface area contributed by atoms with Crippen LogP contribution in [0.1, 0.15) is 103 Å². The summed E-state index contributed by atoms with van der Waals surface area (Å²) < 4.78 is 45.8. The Labute approximate surface area is 418 Å². The van der Waals surface area contributed by atoms with Crippen LogP contribution in [0.4, 0.5) is 20.2 Å². The van der Waals surface area contributed by atoms with Crippen LogP contribution in [-0.2, 0) is 22.6 Å². The molecule has 0 bridgehead atoms. The van der Waals surface area contributed by atoms with E-state index in [0.29, 0.717) is 49.5 Å². The molecule has 6 N–H and O–H groups in total. The Morgan fingerprint density at radius 2 is 1.01 bits per heavy atom. The van der Waals surface area contributed by atoms with E-state index >= 15 is 0 Å². The van der Waals surface area contributed by atoms with Crippen molar-refractivity contribution in [1.29, 1.82) is 0 Å². The van der Waals surface area contributed by atoms with Crippen LogP contribution >= 0.6 is 0 Å². The molecular weight excluding hydrogens is 911 g/mol. The highest BCUT2D eigenvalue weighted by molar-refractivity contribution is 6.04. The van der Waals surface area contributed by atoms with E-state index in [-0.39, 0.29) is 11.4 Å². The molecule has 0 radical (unpaired) electrons. The van der Waals surface area contributed by atoms with Gasteiger partial charge in [-0.25, -0.2) is 8.78 Å². The largest absolute Gasteiger partial charge is 0.368 e. The SMILES string of the molecule is Cc1cc(C(=O)Nc2cc(C(OCC3CC3)c3cccnc3)ccc2F)n(-c2cccc(CN)c2)c1.Cc1cc(C(=O)Nc2cc(C(OCC3CC3)c3cccnc3)ccc2F)n(-c2cccc(CN)c2)c1. The molecular formula is C58H58F2N8O4. The molecule has 4 aromatic carbocycles. The Balaban J connectivity index is 0.000000178. The number of pyridine rings is 2. The van der Waals surface area contributed by atoms with E-state index in [1.165, 1.54) is 12.1 Å². The van der Waals surface area contributed by atoms with Crippen molar-refractivity contribution < 1.29 is 27.8 Å². The average molecular weight is 969 g/mol. The number of nitrogens with two attached hydrogens (primary N) is 2. The molecule has 72 heavy (non-hydrogen) atoms. The lowest BCUT2D eigenvalue weighted by Crippen LogP contribution is -2.17. The van der Waals surface area contributed by atoms with E-state index < -0.39 is 35.7 Å². The molecule has 2 fully saturated rings. The van der Waals surface area contributed by atoms with Gasteiger partial charge in [0.25, 0.3) is 11.8 Å². The van der Waals surface area contributed by atoms with Gasteiger partial charge in [0, 0.05) is 72.8 Å². The Morgan fingerprint density at radius 1 is 0.583 bits per heavy atom. The number of halogens is 2. The number of aromatic nitrogens is 4. The summed E-state index contributed by atoms with van der Waals surface area (Å²) in [5.74, 6) is -0.711. The Bertz CT molecular complexity index is 2940. The lowest BCUT2D eigenvalue weighted by Gasteiger charge is -2.20. The summed E-state index contributed by atoms with van der Waals surface area (Å²) >= 11 is 0. The normalized spacial score (nSPS) is 14.0. The van der Waals surface area contributed by atoms with Gasteiger partial charge < -0.3 is 40.7 Å². The highest BCUT2D eigenvalue weighted by Crippen LogP contribution is 2.36. The van der Waals surface area contributed by atoms with Crippen molar-refractivity contribution in [2.75, 3.05) is 23.8 Å². The van der Waals surface area contributed by atoms with Crippen molar-refractivity contribution in [3.8, 4) is 11.4 Å². The third-order valence-corrected chi connectivity index (χ3v) is 12.7. The van der Waals surface area contributed by atoms with E-state index in [9.17, 15) is 18.4 Å². The summed E-state index contributed by atoms with van der Waals surface area (Å²) in [7, 11) is 0. The zero-order valence-electron chi connectivity index (χ0n) is 40.3. The number of carbonyl (C=O) groups excluding carboxylic acids is 2. The first-order valence-electron chi connectivity index (χ1n) is 24.2. The van der Waals surface area contributed by atoms with Crippen LogP contribution in [0.15, 0.2) is 159 Å². The molecule has 2 aliphatic carbocycles. The van der Waals surface area contributed by atoms with E-state index in [4.69, 9.17) is 20.9 Å². The quantitative estimate of drug-likeness (QED) is 0.0660. The summed E-state index contributed by atoms with van der Waals surface area (Å²) in [6, 6.07) is 35.9. The first-order valence-corrected chi connectivity index (χ1v) is 24.2. The number of carbonyl (C=O) groups is 2. The maximum absolute atomic E-state index is 14.9. The van der Waals surface area contributed by atoms with Crippen molar-refractivity contribution in [2.45, 2.75) is 64.8 Å². The molecule has 0 saturated heterocycles. The number of hydrogen-bond acceptors (Lipinski definition) is 8. The van der Waals surface area contributed by atoms with Crippen LogP contribution in [-0.4, -0.2) is 44.1 Å². The molecule has 0 spiro atoms. The zero-order valence-corrected chi connectivity index (χ0v) is 40.3.